The third-order valence-electron chi connectivity index (χ3n) is 5.00. The first-order valence-electron chi connectivity index (χ1n) is 8.69. The monoisotopic (exact) mass is 399 g/mol. The molecule has 0 bridgehead atoms. The number of methoxy groups -OCH3 is 3. The van der Waals surface area contributed by atoms with Crippen molar-refractivity contribution >= 4 is 34.8 Å². The molecule has 0 saturated carbocycles. The van der Waals surface area contributed by atoms with E-state index in [2.05, 4.69) is 0 Å². The van der Waals surface area contributed by atoms with Gasteiger partial charge in [-0.1, -0.05) is 42.5 Å². The second-order valence-electron chi connectivity index (χ2n) is 6.39. The highest BCUT2D eigenvalue weighted by Gasteiger charge is 2.61. The summed E-state index contributed by atoms with van der Waals surface area (Å²) >= 11 is 5.67. The highest BCUT2D eigenvalue weighted by atomic mass is 32.1. The third-order valence-corrected chi connectivity index (χ3v) is 5.54. The van der Waals surface area contributed by atoms with Crippen LogP contribution < -0.4 is 9.64 Å². The van der Waals surface area contributed by atoms with Crippen molar-refractivity contribution in [1.82, 2.24) is 0 Å². The molecule has 0 radical (unpaired) electrons. The molecule has 0 N–H and O–H groups in total. The number of benzene rings is 2. The van der Waals surface area contributed by atoms with E-state index in [0.29, 0.717) is 5.75 Å². The van der Waals surface area contributed by atoms with Crippen LogP contribution in [0, 0.1) is 5.41 Å². The molecule has 28 heavy (non-hydrogen) atoms. The standard InChI is InChI=1S/C21H21NO5S/c1-25-16-11-9-15(10-12-16)22-17(14-7-5-4-6-8-14)13-21(18(22)28,19(23)26-2)20(24)27-3/h4-12,17H,13H2,1-3H3. The van der Waals surface area contributed by atoms with Gasteiger partial charge in [0.05, 0.1) is 27.4 Å². The van der Waals surface area contributed by atoms with Crippen molar-refractivity contribution in [2.45, 2.75) is 12.5 Å². The fourth-order valence-electron chi connectivity index (χ4n) is 3.57. The molecule has 1 aliphatic heterocycles. The highest BCUT2D eigenvalue weighted by Crippen LogP contribution is 2.48. The summed E-state index contributed by atoms with van der Waals surface area (Å²) < 4.78 is 15.1. The van der Waals surface area contributed by atoms with Crippen LogP contribution in [-0.2, 0) is 19.1 Å². The molecule has 1 atom stereocenters. The molecule has 0 amide bonds. The summed E-state index contributed by atoms with van der Waals surface area (Å²) in [7, 11) is 4.06. The Morgan fingerprint density at radius 3 is 2.04 bits per heavy atom. The molecule has 0 aromatic heterocycles. The number of anilines is 1. The minimum absolute atomic E-state index is 0.126. The van der Waals surface area contributed by atoms with Crippen molar-refractivity contribution in [2.75, 3.05) is 26.2 Å². The van der Waals surface area contributed by atoms with E-state index >= 15 is 0 Å². The number of esters is 2. The maximum Gasteiger partial charge on any atom is 0.330 e. The first-order valence-corrected chi connectivity index (χ1v) is 9.10. The average molecular weight is 399 g/mol. The van der Waals surface area contributed by atoms with Crippen molar-refractivity contribution in [3.63, 3.8) is 0 Å². The fourth-order valence-corrected chi connectivity index (χ4v) is 4.05. The van der Waals surface area contributed by atoms with Gasteiger partial charge in [-0.25, -0.2) is 0 Å². The predicted molar refractivity (Wildman–Crippen MR) is 108 cm³/mol. The molecular weight excluding hydrogens is 378 g/mol. The molecule has 0 spiro atoms. The molecule has 7 heteroatoms. The van der Waals surface area contributed by atoms with Gasteiger partial charge in [-0.15, -0.1) is 0 Å². The normalized spacial score (nSPS) is 17.9. The number of nitrogens with zero attached hydrogens (tertiary/aromatic N) is 1. The SMILES string of the molecule is COC(=O)C1(C(=O)OC)CC(c2ccccc2)N(c2ccc(OC)cc2)C1=S. The van der Waals surface area contributed by atoms with Gasteiger partial charge in [0.15, 0.2) is 0 Å². The van der Waals surface area contributed by atoms with E-state index in [4.69, 9.17) is 26.4 Å². The fraction of sp³-hybridized carbons (Fsp3) is 0.286. The van der Waals surface area contributed by atoms with Crippen LogP contribution in [0.5, 0.6) is 5.75 Å². The minimum atomic E-state index is -1.68. The van der Waals surface area contributed by atoms with E-state index in [9.17, 15) is 9.59 Å². The van der Waals surface area contributed by atoms with Crippen LogP contribution in [0.25, 0.3) is 0 Å². The molecule has 1 unspecified atom stereocenters. The predicted octanol–water partition coefficient (Wildman–Crippen LogP) is 3.31. The molecule has 1 saturated heterocycles. The number of thiocarbonyl (C=S) groups is 1. The van der Waals surface area contributed by atoms with Crippen molar-refractivity contribution in [2.24, 2.45) is 5.41 Å². The van der Waals surface area contributed by atoms with Crippen LogP contribution in [-0.4, -0.2) is 38.3 Å². The first-order chi connectivity index (χ1) is 13.5. The zero-order chi connectivity index (χ0) is 20.3. The number of carbonyl (C=O) groups excluding carboxylic acids is 2. The van der Waals surface area contributed by atoms with Gasteiger partial charge < -0.3 is 19.1 Å². The number of hydrogen-bond donors (Lipinski definition) is 0. The molecule has 146 valence electrons. The quantitative estimate of drug-likeness (QED) is 0.434. The zero-order valence-corrected chi connectivity index (χ0v) is 16.7. The summed E-state index contributed by atoms with van der Waals surface area (Å²) in [6.07, 6.45) is 0.126. The Kier molecular flexibility index (Phi) is 5.65. The smallest absolute Gasteiger partial charge is 0.330 e. The van der Waals surface area contributed by atoms with Crippen LogP contribution in [0.3, 0.4) is 0 Å². The molecule has 1 fully saturated rings. The van der Waals surface area contributed by atoms with Gasteiger partial charge in [0.1, 0.15) is 10.7 Å². The molecule has 1 heterocycles. The number of ether oxygens (including phenoxy) is 3. The maximum atomic E-state index is 12.7. The van der Waals surface area contributed by atoms with E-state index in [1.807, 2.05) is 47.4 Å². The Bertz CT molecular complexity index is 865. The van der Waals surface area contributed by atoms with Gasteiger partial charge in [0.25, 0.3) is 0 Å². The molecule has 3 rings (SSSR count). The largest absolute Gasteiger partial charge is 0.497 e. The van der Waals surface area contributed by atoms with Crippen LogP contribution in [0.4, 0.5) is 5.69 Å². The van der Waals surface area contributed by atoms with E-state index in [1.54, 1.807) is 19.2 Å². The zero-order valence-electron chi connectivity index (χ0n) is 15.9. The number of rotatable bonds is 5. The first kappa shape index (κ1) is 19.8. The van der Waals surface area contributed by atoms with Gasteiger partial charge in [-0.3, -0.25) is 9.59 Å². The van der Waals surface area contributed by atoms with Crippen LogP contribution in [0.2, 0.25) is 0 Å². The number of hydrogen-bond acceptors (Lipinski definition) is 6. The summed E-state index contributed by atoms with van der Waals surface area (Å²) in [6.45, 7) is 0. The van der Waals surface area contributed by atoms with Gasteiger partial charge in [-0.05, 0) is 29.8 Å². The summed E-state index contributed by atoms with van der Waals surface area (Å²) in [6, 6.07) is 16.5. The van der Waals surface area contributed by atoms with Crippen molar-refractivity contribution in [1.29, 1.82) is 0 Å². The second kappa shape index (κ2) is 7.98. The summed E-state index contributed by atoms with van der Waals surface area (Å²) in [5, 5.41) is 0. The Hall–Kier alpha value is -2.93. The maximum absolute atomic E-state index is 12.7. The Morgan fingerprint density at radius 2 is 1.54 bits per heavy atom. The Labute approximate surface area is 169 Å². The lowest BCUT2D eigenvalue weighted by Gasteiger charge is -2.28. The van der Waals surface area contributed by atoms with Gasteiger partial charge in [0, 0.05) is 12.1 Å². The van der Waals surface area contributed by atoms with Crippen molar-refractivity contribution in [3.8, 4) is 5.75 Å². The molecular formula is C21H21NO5S. The van der Waals surface area contributed by atoms with Crippen LogP contribution >= 0.6 is 12.2 Å². The van der Waals surface area contributed by atoms with E-state index in [0.717, 1.165) is 11.3 Å². The molecule has 0 aliphatic carbocycles. The van der Waals surface area contributed by atoms with Crippen molar-refractivity contribution < 1.29 is 23.8 Å². The lowest BCUT2D eigenvalue weighted by Crippen LogP contribution is -2.47. The average Bonchev–Trinajstić information content (AvgIpc) is 3.07. The van der Waals surface area contributed by atoms with E-state index in [-0.39, 0.29) is 17.5 Å². The number of carbonyl (C=O) groups is 2. The summed E-state index contributed by atoms with van der Waals surface area (Å²) in [5.74, 6) is -0.750. The minimum Gasteiger partial charge on any atom is -0.497 e. The van der Waals surface area contributed by atoms with Crippen LogP contribution in [0.1, 0.15) is 18.0 Å². The summed E-state index contributed by atoms with van der Waals surface area (Å²) in [5.41, 5.74) is -0.0103. The summed E-state index contributed by atoms with van der Waals surface area (Å²) in [4.78, 5) is 27.5. The topological polar surface area (TPSA) is 65.1 Å². The second-order valence-corrected chi connectivity index (χ2v) is 6.78. The van der Waals surface area contributed by atoms with Gasteiger partial charge in [0.2, 0.25) is 5.41 Å². The highest BCUT2D eigenvalue weighted by molar-refractivity contribution is 7.81. The van der Waals surface area contributed by atoms with Crippen molar-refractivity contribution in [3.05, 3.63) is 60.2 Å². The third kappa shape index (κ3) is 3.11. The molecule has 1 aliphatic rings. The van der Waals surface area contributed by atoms with E-state index in [1.165, 1.54) is 14.2 Å². The Balaban J connectivity index is 2.16. The van der Waals surface area contributed by atoms with Gasteiger partial charge in [-0.2, -0.15) is 0 Å². The van der Waals surface area contributed by atoms with Crippen LogP contribution in [0.15, 0.2) is 54.6 Å². The van der Waals surface area contributed by atoms with Gasteiger partial charge >= 0.3 is 11.9 Å². The Morgan fingerprint density at radius 1 is 0.964 bits per heavy atom. The molecule has 6 nitrogen and oxygen atoms in total. The molecule has 2 aromatic carbocycles. The lowest BCUT2D eigenvalue weighted by molar-refractivity contribution is -0.163. The lowest BCUT2D eigenvalue weighted by atomic mass is 9.84. The van der Waals surface area contributed by atoms with E-state index < -0.39 is 17.4 Å². The molecule has 2 aromatic rings.